The predicted octanol–water partition coefficient (Wildman–Crippen LogP) is 1.58. The molecule has 0 unspecified atom stereocenters. The monoisotopic (exact) mass is 223 g/mol. The number of thiazole rings is 1. The first-order chi connectivity index (χ1) is 7.29. The van der Waals surface area contributed by atoms with Gasteiger partial charge in [-0.15, -0.1) is 11.3 Å². The quantitative estimate of drug-likeness (QED) is 0.741. The molecule has 0 saturated carbocycles. The second kappa shape index (κ2) is 4.22. The fraction of sp³-hybridized carbons (Fsp3) is 0.222. The summed E-state index contributed by atoms with van der Waals surface area (Å²) in [6.45, 7) is 2.70. The van der Waals surface area contributed by atoms with Crippen LogP contribution >= 0.6 is 11.3 Å². The van der Waals surface area contributed by atoms with Crippen molar-refractivity contribution in [2.24, 2.45) is 0 Å². The fourth-order valence-electron chi connectivity index (χ4n) is 1.04. The van der Waals surface area contributed by atoms with E-state index >= 15 is 0 Å². The van der Waals surface area contributed by atoms with E-state index in [1.807, 2.05) is 6.92 Å². The molecule has 0 aliphatic rings. The highest BCUT2D eigenvalue weighted by Gasteiger charge is 2.11. The Kier molecular flexibility index (Phi) is 2.77. The maximum Gasteiger partial charge on any atom is 0.363 e. The van der Waals surface area contributed by atoms with Crippen LogP contribution in [0.3, 0.4) is 0 Å². The molecule has 0 spiro atoms. The van der Waals surface area contributed by atoms with Gasteiger partial charge in [0.05, 0.1) is 17.9 Å². The van der Waals surface area contributed by atoms with E-state index in [0.717, 1.165) is 6.54 Å². The number of ether oxygens (including phenoxy) is 1. The smallest absolute Gasteiger partial charge is 0.363 e. The van der Waals surface area contributed by atoms with Crippen molar-refractivity contribution < 1.29 is 9.53 Å². The van der Waals surface area contributed by atoms with Crippen LogP contribution in [0.15, 0.2) is 23.3 Å². The van der Waals surface area contributed by atoms with Crippen LogP contribution in [0, 0.1) is 0 Å². The Morgan fingerprint density at radius 2 is 2.53 bits per heavy atom. The largest absolute Gasteiger partial charge is 0.418 e. The minimum Gasteiger partial charge on any atom is -0.418 e. The molecule has 2 heterocycles. The second-order valence-corrected chi connectivity index (χ2v) is 3.51. The number of hydrogen-bond acceptors (Lipinski definition) is 5. The van der Waals surface area contributed by atoms with E-state index in [-0.39, 0.29) is 0 Å². The lowest BCUT2D eigenvalue weighted by Crippen LogP contribution is -2.08. The summed E-state index contributed by atoms with van der Waals surface area (Å²) in [5, 5.41) is 5.64. The van der Waals surface area contributed by atoms with Crippen molar-refractivity contribution in [1.29, 1.82) is 0 Å². The van der Waals surface area contributed by atoms with Crippen molar-refractivity contribution in [2.45, 2.75) is 13.5 Å². The van der Waals surface area contributed by atoms with Gasteiger partial charge in [0.15, 0.2) is 11.4 Å². The highest BCUT2D eigenvalue weighted by molar-refractivity contribution is 7.07. The summed E-state index contributed by atoms with van der Waals surface area (Å²) in [7, 11) is 0. The van der Waals surface area contributed by atoms with Crippen molar-refractivity contribution in [2.75, 3.05) is 0 Å². The van der Waals surface area contributed by atoms with E-state index in [1.165, 1.54) is 17.5 Å². The van der Waals surface area contributed by atoms with Crippen LogP contribution in [0.4, 0.5) is 0 Å². The molecule has 0 N–H and O–H groups in total. The Balaban J connectivity index is 2.06. The van der Waals surface area contributed by atoms with Crippen LogP contribution < -0.4 is 4.74 Å². The zero-order valence-electron chi connectivity index (χ0n) is 8.08. The average Bonchev–Trinajstić information content (AvgIpc) is 2.87. The molecule has 0 bridgehead atoms. The first kappa shape index (κ1) is 9.85. The Morgan fingerprint density at radius 1 is 1.67 bits per heavy atom. The van der Waals surface area contributed by atoms with Gasteiger partial charge < -0.3 is 4.74 Å². The molecule has 0 fully saturated rings. The lowest BCUT2D eigenvalue weighted by molar-refractivity contribution is 0.0729. The van der Waals surface area contributed by atoms with Crippen LogP contribution in [0.5, 0.6) is 5.75 Å². The van der Waals surface area contributed by atoms with Crippen LogP contribution in [0.2, 0.25) is 0 Å². The van der Waals surface area contributed by atoms with Gasteiger partial charge in [-0.2, -0.15) is 5.10 Å². The Hall–Kier alpha value is -1.69. The molecular weight excluding hydrogens is 214 g/mol. The molecule has 15 heavy (non-hydrogen) atoms. The zero-order valence-corrected chi connectivity index (χ0v) is 8.90. The highest BCUT2D eigenvalue weighted by Crippen LogP contribution is 2.11. The highest BCUT2D eigenvalue weighted by atomic mass is 32.1. The van der Waals surface area contributed by atoms with Crippen LogP contribution in [-0.2, 0) is 6.54 Å². The second-order valence-electron chi connectivity index (χ2n) is 2.79. The molecule has 6 heteroatoms. The van der Waals surface area contributed by atoms with E-state index in [0.29, 0.717) is 11.4 Å². The molecule has 2 rings (SSSR count). The van der Waals surface area contributed by atoms with Gasteiger partial charge in [0.25, 0.3) is 0 Å². The number of nitrogens with zero attached hydrogens (tertiary/aromatic N) is 3. The van der Waals surface area contributed by atoms with Gasteiger partial charge in [-0.3, -0.25) is 4.68 Å². The molecule has 0 amide bonds. The van der Waals surface area contributed by atoms with Crippen LogP contribution in [-0.4, -0.2) is 20.7 Å². The minimum absolute atomic E-state index is 0.323. The Bertz CT molecular complexity index is 450. The summed E-state index contributed by atoms with van der Waals surface area (Å²) in [6.07, 6.45) is 3.18. The van der Waals surface area contributed by atoms with Crippen molar-refractivity contribution >= 4 is 17.3 Å². The van der Waals surface area contributed by atoms with Crippen LogP contribution in [0.25, 0.3) is 0 Å². The first-order valence-corrected chi connectivity index (χ1v) is 5.36. The molecule has 78 valence electrons. The number of carbonyl (C=O) groups is 1. The number of esters is 1. The van der Waals surface area contributed by atoms with E-state index in [2.05, 4.69) is 10.1 Å². The molecule has 0 saturated heterocycles. The Labute approximate surface area is 90.3 Å². The van der Waals surface area contributed by atoms with E-state index in [4.69, 9.17) is 4.74 Å². The van der Waals surface area contributed by atoms with E-state index < -0.39 is 5.97 Å². The fourth-order valence-corrected chi connectivity index (χ4v) is 1.56. The van der Waals surface area contributed by atoms with E-state index in [1.54, 1.807) is 21.8 Å². The maximum absolute atomic E-state index is 11.5. The summed E-state index contributed by atoms with van der Waals surface area (Å²) >= 11 is 1.36. The summed E-state index contributed by atoms with van der Waals surface area (Å²) in [6, 6.07) is 0. The third kappa shape index (κ3) is 2.21. The first-order valence-electron chi connectivity index (χ1n) is 4.42. The van der Waals surface area contributed by atoms with Gasteiger partial charge in [-0.1, -0.05) is 0 Å². The molecule has 0 atom stereocenters. The zero-order chi connectivity index (χ0) is 10.7. The third-order valence-corrected chi connectivity index (χ3v) is 2.37. The lowest BCUT2D eigenvalue weighted by atomic mass is 10.5. The van der Waals surface area contributed by atoms with Crippen LogP contribution in [0.1, 0.15) is 17.4 Å². The standard InChI is InChI=1S/C9H9N3O2S/c1-2-12-4-7(3-11-12)14-9(13)8-5-15-6-10-8/h3-6H,2H2,1H3. The van der Waals surface area contributed by atoms with E-state index in [9.17, 15) is 4.79 Å². The summed E-state index contributed by atoms with van der Waals surface area (Å²) in [4.78, 5) is 15.3. The maximum atomic E-state index is 11.5. The number of hydrogen-bond donors (Lipinski definition) is 0. The molecule has 0 aliphatic carbocycles. The van der Waals surface area contributed by atoms with Crippen molar-refractivity contribution in [3.8, 4) is 5.75 Å². The van der Waals surface area contributed by atoms with Gasteiger partial charge in [0.2, 0.25) is 0 Å². The SMILES string of the molecule is CCn1cc(OC(=O)c2cscn2)cn1. The molecular formula is C9H9N3O2S. The number of rotatable bonds is 3. The van der Waals surface area contributed by atoms with Crippen molar-refractivity contribution in [1.82, 2.24) is 14.8 Å². The number of carbonyl (C=O) groups excluding carboxylic acids is 1. The average molecular weight is 223 g/mol. The molecule has 5 nitrogen and oxygen atoms in total. The summed E-state index contributed by atoms with van der Waals surface area (Å²) < 4.78 is 6.75. The minimum atomic E-state index is -0.452. The topological polar surface area (TPSA) is 57.0 Å². The molecule has 2 aromatic heterocycles. The van der Waals surface area contributed by atoms with Gasteiger partial charge in [0.1, 0.15) is 0 Å². The summed E-state index contributed by atoms with van der Waals surface area (Å²) in [5.41, 5.74) is 1.91. The predicted molar refractivity (Wildman–Crippen MR) is 55.0 cm³/mol. The van der Waals surface area contributed by atoms with Gasteiger partial charge >= 0.3 is 5.97 Å². The molecule has 0 radical (unpaired) electrons. The van der Waals surface area contributed by atoms with Crippen molar-refractivity contribution in [3.05, 3.63) is 29.0 Å². The number of aryl methyl sites for hydroxylation is 1. The van der Waals surface area contributed by atoms with Gasteiger partial charge in [-0.25, -0.2) is 9.78 Å². The Morgan fingerprint density at radius 3 is 3.13 bits per heavy atom. The molecule has 0 aliphatic heterocycles. The number of aromatic nitrogens is 3. The normalized spacial score (nSPS) is 10.2. The lowest BCUT2D eigenvalue weighted by Gasteiger charge is -1.96. The summed E-state index contributed by atoms with van der Waals surface area (Å²) in [5.74, 6) is -0.0123. The van der Waals surface area contributed by atoms with Crippen molar-refractivity contribution in [3.63, 3.8) is 0 Å². The van der Waals surface area contributed by atoms with Gasteiger partial charge in [0, 0.05) is 11.9 Å². The van der Waals surface area contributed by atoms with Gasteiger partial charge in [-0.05, 0) is 6.92 Å². The molecule has 2 aromatic rings. The third-order valence-electron chi connectivity index (χ3n) is 1.79. The molecule has 0 aromatic carbocycles.